The molecule has 5 nitrogen and oxygen atoms in total. The van der Waals surface area contributed by atoms with Gasteiger partial charge in [-0.05, 0) is 55.0 Å². The van der Waals surface area contributed by atoms with E-state index in [0.29, 0.717) is 5.69 Å². The zero-order valence-corrected chi connectivity index (χ0v) is 14.8. The van der Waals surface area contributed by atoms with E-state index in [-0.39, 0.29) is 17.8 Å². The number of rotatable bonds is 4. The smallest absolute Gasteiger partial charge is 0.348 e. The van der Waals surface area contributed by atoms with Crippen LogP contribution in [0, 0.1) is 6.92 Å². The van der Waals surface area contributed by atoms with Crippen LogP contribution in [0.1, 0.15) is 27.2 Å². The predicted octanol–water partition coefficient (Wildman–Crippen LogP) is 3.49. The summed E-state index contributed by atoms with van der Waals surface area (Å²) in [5.41, 5.74) is -0.461. The maximum Gasteiger partial charge on any atom is 0.416 e. The molecule has 28 heavy (non-hydrogen) atoms. The lowest BCUT2D eigenvalue weighted by molar-refractivity contribution is -0.137. The van der Waals surface area contributed by atoms with Gasteiger partial charge in [-0.2, -0.15) is 13.2 Å². The molecule has 0 fully saturated rings. The average Bonchev–Trinajstić information content (AvgIpc) is 2.67. The van der Waals surface area contributed by atoms with Crippen LogP contribution in [0.3, 0.4) is 0 Å². The lowest BCUT2D eigenvalue weighted by Gasteiger charge is -2.14. The Labute approximate surface area is 158 Å². The minimum absolute atomic E-state index is 0.0427. The first kappa shape index (κ1) is 19.3. The van der Waals surface area contributed by atoms with Gasteiger partial charge in [0, 0.05) is 30.3 Å². The molecule has 0 bridgehead atoms. The summed E-state index contributed by atoms with van der Waals surface area (Å²) in [5, 5.41) is 2.63. The number of aryl methyl sites for hydroxylation is 1. The van der Waals surface area contributed by atoms with Crippen molar-refractivity contribution in [3.8, 4) is 5.69 Å². The fourth-order valence-electron chi connectivity index (χ4n) is 2.72. The van der Waals surface area contributed by atoms with Crippen molar-refractivity contribution < 1.29 is 18.0 Å². The number of carbonyl (C=O) groups is 1. The van der Waals surface area contributed by atoms with Crippen molar-refractivity contribution in [3.05, 3.63) is 93.7 Å². The summed E-state index contributed by atoms with van der Waals surface area (Å²) in [7, 11) is 0. The maximum atomic E-state index is 13.0. The number of amides is 1. The molecule has 0 saturated heterocycles. The van der Waals surface area contributed by atoms with E-state index in [1.807, 2.05) is 0 Å². The fraction of sp³-hybridized carbons (Fsp3) is 0.150. The number of nitrogens with zero attached hydrogens (tertiary/aromatic N) is 2. The maximum absolute atomic E-state index is 13.0. The molecular formula is C20H16F3N3O2. The van der Waals surface area contributed by atoms with Gasteiger partial charge in [0.1, 0.15) is 5.56 Å². The Morgan fingerprint density at radius 1 is 1.11 bits per heavy atom. The Kier molecular flexibility index (Phi) is 5.30. The molecule has 0 aliphatic carbocycles. The number of benzene rings is 1. The van der Waals surface area contributed by atoms with Gasteiger partial charge in [-0.15, -0.1) is 0 Å². The second-order valence-corrected chi connectivity index (χ2v) is 6.12. The number of hydrogen-bond donors (Lipinski definition) is 1. The van der Waals surface area contributed by atoms with Crippen molar-refractivity contribution in [1.29, 1.82) is 0 Å². The zero-order chi connectivity index (χ0) is 20.3. The third-order valence-corrected chi connectivity index (χ3v) is 4.16. The van der Waals surface area contributed by atoms with Gasteiger partial charge in [-0.25, -0.2) is 0 Å². The quantitative estimate of drug-likeness (QED) is 0.745. The fourth-order valence-corrected chi connectivity index (χ4v) is 2.72. The van der Waals surface area contributed by atoms with Crippen LogP contribution in [0.25, 0.3) is 5.69 Å². The highest BCUT2D eigenvalue weighted by Gasteiger charge is 2.30. The summed E-state index contributed by atoms with van der Waals surface area (Å²) in [6, 6.07) is 10.7. The number of carbonyl (C=O) groups excluding carboxylic acids is 1. The molecule has 0 atom stereocenters. The molecule has 1 amide bonds. The molecule has 0 aliphatic rings. The van der Waals surface area contributed by atoms with E-state index in [1.54, 1.807) is 31.5 Å². The van der Waals surface area contributed by atoms with Crippen LogP contribution in [-0.2, 0) is 12.7 Å². The third-order valence-electron chi connectivity index (χ3n) is 4.16. The molecule has 0 unspecified atom stereocenters. The second-order valence-electron chi connectivity index (χ2n) is 6.12. The highest BCUT2D eigenvalue weighted by atomic mass is 19.4. The van der Waals surface area contributed by atoms with Gasteiger partial charge in [-0.3, -0.25) is 19.1 Å². The Hall–Kier alpha value is -3.42. The van der Waals surface area contributed by atoms with Crippen molar-refractivity contribution in [2.24, 2.45) is 0 Å². The van der Waals surface area contributed by atoms with Crippen LogP contribution in [0.5, 0.6) is 0 Å². The van der Waals surface area contributed by atoms with Crippen molar-refractivity contribution in [3.63, 3.8) is 0 Å². The van der Waals surface area contributed by atoms with Gasteiger partial charge >= 0.3 is 6.18 Å². The lowest BCUT2D eigenvalue weighted by Crippen LogP contribution is -2.33. The van der Waals surface area contributed by atoms with Crippen molar-refractivity contribution in [1.82, 2.24) is 14.9 Å². The zero-order valence-electron chi connectivity index (χ0n) is 14.8. The van der Waals surface area contributed by atoms with Gasteiger partial charge in [0.2, 0.25) is 0 Å². The molecular weight excluding hydrogens is 371 g/mol. The molecule has 8 heteroatoms. The predicted molar refractivity (Wildman–Crippen MR) is 97.2 cm³/mol. The Morgan fingerprint density at radius 2 is 1.82 bits per heavy atom. The molecule has 1 N–H and O–H groups in total. The summed E-state index contributed by atoms with van der Waals surface area (Å²) in [6.07, 6.45) is -1.38. The van der Waals surface area contributed by atoms with E-state index in [4.69, 9.17) is 0 Å². The standard InChI is InChI=1S/C20H16F3N3O2/c1-13-5-6-17(18(27)25-12-14-7-9-24-10-8-14)19(28)26(13)16-4-2-3-15(11-16)20(21,22)23/h2-11H,12H2,1H3,(H,25,27). The number of aromatic nitrogens is 2. The van der Waals surface area contributed by atoms with E-state index in [2.05, 4.69) is 10.3 Å². The molecule has 3 rings (SSSR count). The summed E-state index contributed by atoms with van der Waals surface area (Å²) >= 11 is 0. The third kappa shape index (κ3) is 4.11. The molecule has 3 aromatic rings. The molecule has 0 aliphatic heterocycles. The minimum Gasteiger partial charge on any atom is -0.348 e. The van der Waals surface area contributed by atoms with Crippen LogP contribution in [0.15, 0.2) is 65.7 Å². The average molecular weight is 387 g/mol. The second kappa shape index (κ2) is 7.67. The first-order valence-corrected chi connectivity index (χ1v) is 8.35. The number of pyridine rings is 2. The van der Waals surface area contributed by atoms with Gasteiger partial charge in [0.05, 0.1) is 5.56 Å². The first-order chi connectivity index (χ1) is 13.3. The molecule has 144 valence electrons. The van der Waals surface area contributed by atoms with Crippen LogP contribution >= 0.6 is 0 Å². The topological polar surface area (TPSA) is 64.0 Å². The normalized spacial score (nSPS) is 11.3. The van der Waals surface area contributed by atoms with Crippen molar-refractivity contribution in [2.45, 2.75) is 19.6 Å². The SMILES string of the molecule is Cc1ccc(C(=O)NCc2ccncc2)c(=O)n1-c1cccc(C(F)(F)F)c1. The summed E-state index contributed by atoms with van der Waals surface area (Å²) in [4.78, 5) is 29.1. The monoisotopic (exact) mass is 387 g/mol. The van der Waals surface area contributed by atoms with Crippen LogP contribution in [-0.4, -0.2) is 15.5 Å². The molecule has 1 aromatic carbocycles. The van der Waals surface area contributed by atoms with Crippen LogP contribution < -0.4 is 10.9 Å². The minimum atomic E-state index is -4.53. The number of nitrogens with one attached hydrogen (secondary N) is 1. The summed E-state index contributed by atoms with van der Waals surface area (Å²) in [5.74, 6) is -0.609. The highest BCUT2D eigenvalue weighted by molar-refractivity contribution is 5.93. The summed E-state index contributed by atoms with van der Waals surface area (Å²) < 4.78 is 40.1. The Balaban J connectivity index is 1.95. The van der Waals surface area contributed by atoms with E-state index in [0.717, 1.165) is 22.3 Å². The van der Waals surface area contributed by atoms with Gasteiger partial charge in [0.15, 0.2) is 0 Å². The van der Waals surface area contributed by atoms with E-state index in [9.17, 15) is 22.8 Å². The molecule has 0 saturated carbocycles. The summed E-state index contributed by atoms with van der Waals surface area (Å²) in [6.45, 7) is 1.78. The van der Waals surface area contributed by atoms with Gasteiger partial charge in [0.25, 0.3) is 11.5 Å². The van der Waals surface area contributed by atoms with E-state index < -0.39 is 23.2 Å². The molecule has 0 radical (unpaired) electrons. The first-order valence-electron chi connectivity index (χ1n) is 8.35. The van der Waals surface area contributed by atoms with E-state index in [1.165, 1.54) is 24.3 Å². The van der Waals surface area contributed by atoms with Gasteiger partial charge < -0.3 is 5.32 Å². The molecule has 2 aromatic heterocycles. The van der Waals surface area contributed by atoms with E-state index >= 15 is 0 Å². The molecule has 2 heterocycles. The van der Waals surface area contributed by atoms with Crippen LogP contribution in [0.2, 0.25) is 0 Å². The van der Waals surface area contributed by atoms with Gasteiger partial charge in [-0.1, -0.05) is 6.07 Å². The Morgan fingerprint density at radius 3 is 2.50 bits per heavy atom. The van der Waals surface area contributed by atoms with Crippen LogP contribution in [0.4, 0.5) is 13.2 Å². The highest BCUT2D eigenvalue weighted by Crippen LogP contribution is 2.30. The molecule has 0 spiro atoms. The largest absolute Gasteiger partial charge is 0.416 e. The lowest BCUT2D eigenvalue weighted by atomic mass is 10.1. The number of alkyl halides is 3. The van der Waals surface area contributed by atoms with Crippen molar-refractivity contribution >= 4 is 5.91 Å². The van der Waals surface area contributed by atoms with Crippen molar-refractivity contribution in [2.75, 3.05) is 0 Å². The Bertz CT molecular complexity index is 1060. The number of hydrogen-bond acceptors (Lipinski definition) is 3. The number of halogens is 3.